The maximum atomic E-state index is 11.6. The molecule has 1 amide bonds. The Kier molecular flexibility index (Phi) is 5.63. The van der Waals surface area contributed by atoms with Gasteiger partial charge in [-0.3, -0.25) is 4.79 Å². The average molecular weight is 304 g/mol. The van der Waals surface area contributed by atoms with Crippen LogP contribution in [0.5, 0.6) is 0 Å². The smallest absolute Gasteiger partial charge is 0.331 e. The molecule has 0 aromatic heterocycles. The molecule has 0 saturated heterocycles. The molecule has 0 radical (unpaired) electrons. The predicted molar refractivity (Wildman–Crippen MR) is 74.5 cm³/mol. The standard InChI is InChI=1S/C13H15Cl2NO3/c1-3-6-16(8(2)17)12(13(18)19)10-7-9(14)4-5-11(10)15/h4-5,7,12H,3,6H2,1-2H3,(H,18,19). The van der Waals surface area contributed by atoms with Gasteiger partial charge in [-0.05, 0) is 24.6 Å². The molecule has 1 unspecified atom stereocenters. The molecule has 6 heteroatoms. The van der Waals surface area contributed by atoms with Gasteiger partial charge in [0.15, 0.2) is 6.04 Å². The molecule has 1 rings (SSSR count). The van der Waals surface area contributed by atoms with Crippen molar-refractivity contribution < 1.29 is 14.7 Å². The Morgan fingerprint density at radius 3 is 2.47 bits per heavy atom. The number of hydrogen-bond donors (Lipinski definition) is 1. The minimum atomic E-state index is -1.13. The average Bonchev–Trinajstić information content (AvgIpc) is 2.32. The fourth-order valence-electron chi connectivity index (χ4n) is 1.87. The highest BCUT2D eigenvalue weighted by Gasteiger charge is 2.30. The van der Waals surface area contributed by atoms with Crippen molar-refractivity contribution in [2.75, 3.05) is 6.54 Å². The van der Waals surface area contributed by atoms with Crippen molar-refractivity contribution in [2.24, 2.45) is 0 Å². The van der Waals surface area contributed by atoms with E-state index in [0.29, 0.717) is 23.6 Å². The Balaban J connectivity index is 3.29. The predicted octanol–water partition coefficient (Wildman–Crippen LogP) is 3.38. The number of nitrogens with zero attached hydrogens (tertiary/aromatic N) is 1. The van der Waals surface area contributed by atoms with E-state index in [0.717, 1.165) is 0 Å². The van der Waals surface area contributed by atoms with Gasteiger partial charge >= 0.3 is 5.97 Å². The van der Waals surface area contributed by atoms with Crippen molar-refractivity contribution >= 4 is 35.1 Å². The van der Waals surface area contributed by atoms with E-state index >= 15 is 0 Å². The lowest BCUT2D eigenvalue weighted by Gasteiger charge is -2.28. The largest absolute Gasteiger partial charge is 0.479 e. The number of carbonyl (C=O) groups is 2. The van der Waals surface area contributed by atoms with Gasteiger partial charge in [0.05, 0.1) is 0 Å². The van der Waals surface area contributed by atoms with Crippen LogP contribution in [0.2, 0.25) is 10.0 Å². The Morgan fingerprint density at radius 1 is 1.37 bits per heavy atom. The lowest BCUT2D eigenvalue weighted by molar-refractivity contribution is -0.149. The molecule has 19 heavy (non-hydrogen) atoms. The Morgan fingerprint density at radius 2 is 2.00 bits per heavy atom. The van der Waals surface area contributed by atoms with Crippen LogP contribution in [-0.2, 0) is 9.59 Å². The fraction of sp³-hybridized carbons (Fsp3) is 0.385. The van der Waals surface area contributed by atoms with E-state index in [1.54, 1.807) is 6.07 Å². The third-order valence-electron chi connectivity index (χ3n) is 2.67. The van der Waals surface area contributed by atoms with Gasteiger partial charge in [-0.25, -0.2) is 4.79 Å². The van der Waals surface area contributed by atoms with E-state index in [1.165, 1.54) is 24.0 Å². The molecule has 1 aromatic rings. The van der Waals surface area contributed by atoms with Crippen LogP contribution in [0, 0.1) is 0 Å². The summed E-state index contributed by atoms with van der Waals surface area (Å²) in [6.07, 6.45) is 0.654. The molecule has 104 valence electrons. The summed E-state index contributed by atoms with van der Waals surface area (Å²) in [5, 5.41) is 10.0. The number of hydrogen-bond acceptors (Lipinski definition) is 2. The van der Waals surface area contributed by atoms with Gasteiger partial charge in [-0.2, -0.15) is 0 Å². The van der Waals surface area contributed by atoms with E-state index in [9.17, 15) is 14.7 Å². The lowest BCUT2D eigenvalue weighted by atomic mass is 10.0. The first-order valence-electron chi connectivity index (χ1n) is 5.83. The second-order valence-electron chi connectivity index (χ2n) is 4.12. The number of benzene rings is 1. The first kappa shape index (κ1) is 15.8. The summed E-state index contributed by atoms with van der Waals surface area (Å²) >= 11 is 11.9. The van der Waals surface area contributed by atoms with Gasteiger partial charge in [0.25, 0.3) is 0 Å². The van der Waals surface area contributed by atoms with Crippen LogP contribution in [0.15, 0.2) is 18.2 Å². The molecule has 0 heterocycles. The zero-order chi connectivity index (χ0) is 14.6. The lowest BCUT2D eigenvalue weighted by Crippen LogP contribution is -2.38. The van der Waals surface area contributed by atoms with E-state index in [4.69, 9.17) is 23.2 Å². The third-order valence-corrected chi connectivity index (χ3v) is 3.25. The molecule has 0 bridgehead atoms. The molecule has 0 spiro atoms. The van der Waals surface area contributed by atoms with Crippen LogP contribution in [-0.4, -0.2) is 28.4 Å². The van der Waals surface area contributed by atoms with E-state index in [-0.39, 0.29) is 10.9 Å². The van der Waals surface area contributed by atoms with Crippen LogP contribution in [0.1, 0.15) is 31.9 Å². The maximum absolute atomic E-state index is 11.6. The van der Waals surface area contributed by atoms with Crippen molar-refractivity contribution in [1.82, 2.24) is 4.90 Å². The van der Waals surface area contributed by atoms with Crippen molar-refractivity contribution in [2.45, 2.75) is 26.3 Å². The van der Waals surface area contributed by atoms with Crippen molar-refractivity contribution in [3.8, 4) is 0 Å². The van der Waals surface area contributed by atoms with E-state index < -0.39 is 12.0 Å². The van der Waals surface area contributed by atoms with Gasteiger partial charge in [0.1, 0.15) is 0 Å². The molecule has 1 N–H and O–H groups in total. The zero-order valence-corrected chi connectivity index (χ0v) is 12.2. The molecule has 0 saturated carbocycles. The highest BCUT2D eigenvalue weighted by molar-refractivity contribution is 6.33. The molecule has 1 aromatic carbocycles. The van der Waals surface area contributed by atoms with Crippen molar-refractivity contribution in [3.63, 3.8) is 0 Å². The summed E-state index contributed by atoms with van der Waals surface area (Å²) in [6.45, 7) is 3.55. The van der Waals surface area contributed by atoms with Crippen LogP contribution in [0.25, 0.3) is 0 Å². The summed E-state index contributed by atoms with van der Waals surface area (Å²) in [5.74, 6) is -1.45. The number of carbonyl (C=O) groups excluding carboxylic acids is 1. The second-order valence-corrected chi connectivity index (χ2v) is 4.96. The monoisotopic (exact) mass is 303 g/mol. The van der Waals surface area contributed by atoms with Gasteiger partial charge < -0.3 is 10.0 Å². The van der Waals surface area contributed by atoms with Crippen LogP contribution >= 0.6 is 23.2 Å². The Hall–Kier alpha value is -1.26. The van der Waals surface area contributed by atoms with Crippen LogP contribution in [0.3, 0.4) is 0 Å². The van der Waals surface area contributed by atoms with E-state index in [1.807, 2.05) is 6.92 Å². The zero-order valence-electron chi connectivity index (χ0n) is 10.7. The Bertz CT molecular complexity index is 491. The molecular weight excluding hydrogens is 289 g/mol. The highest BCUT2D eigenvalue weighted by Crippen LogP contribution is 2.30. The number of halogens is 2. The topological polar surface area (TPSA) is 57.6 Å². The summed E-state index contributed by atoms with van der Waals surface area (Å²) in [4.78, 5) is 24.4. The summed E-state index contributed by atoms with van der Waals surface area (Å²) in [7, 11) is 0. The first-order valence-corrected chi connectivity index (χ1v) is 6.59. The Labute approximate surface area is 121 Å². The molecule has 0 aliphatic rings. The van der Waals surface area contributed by atoms with Crippen molar-refractivity contribution in [3.05, 3.63) is 33.8 Å². The number of amides is 1. The minimum Gasteiger partial charge on any atom is -0.479 e. The van der Waals surface area contributed by atoms with Gasteiger partial charge in [-0.1, -0.05) is 30.1 Å². The number of carboxylic acids is 1. The van der Waals surface area contributed by atoms with Crippen LogP contribution < -0.4 is 0 Å². The van der Waals surface area contributed by atoms with Gasteiger partial charge in [-0.15, -0.1) is 0 Å². The van der Waals surface area contributed by atoms with E-state index in [2.05, 4.69) is 0 Å². The van der Waals surface area contributed by atoms with Gasteiger partial charge in [0.2, 0.25) is 5.91 Å². The first-order chi connectivity index (χ1) is 8.88. The second kappa shape index (κ2) is 6.78. The fourth-order valence-corrected chi connectivity index (χ4v) is 2.27. The number of carboxylic acid groups (broad SMARTS) is 1. The number of rotatable bonds is 5. The molecular formula is C13H15Cl2NO3. The molecule has 0 aliphatic carbocycles. The van der Waals surface area contributed by atoms with Crippen LogP contribution in [0.4, 0.5) is 0 Å². The van der Waals surface area contributed by atoms with Crippen molar-refractivity contribution in [1.29, 1.82) is 0 Å². The van der Waals surface area contributed by atoms with Gasteiger partial charge in [0, 0.05) is 29.1 Å². The normalized spacial score (nSPS) is 12.0. The molecule has 0 fully saturated rings. The number of aliphatic carboxylic acids is 1. The summed E-state index contributed by atoms with van der Waals surface area (Å²) < 4.78 is 0. The summed E-state index contributed by atoms with van der Waals surface area (Å²) in [6, 6.07) is 3.46. The third kappa shape index (κ3) is 3.85. The molecule has 1 atom stereocenters. The SMILES string of the molecule is CCCN(C(C)=O)C(C(=O)O)c1cc(Cl)ccc1Cl. The molecule has 4 nitrogen and oxygen atoms in total. The molecule has 0 aliphatic heterocycles. The highest BCUT2D eigenvalue weighted by atomic mass is 35.5. The quantitative estimate of drug-likeness (QED) is 0.907. The summed E-state index contributed by atoms with van der Waals surface area (Å²) in [5.41, 5.74) is 0.324. The minimum absolute atomic E-state index is 0.277. The maximum Gasteiger partial charge on any atom is 0.331 e.